The summed E-state index contributed by atoms with van der Waals surface area (Å²) in [4.78, 5) is 13.9. The van der Waals surface area contributed by atoms with Crippen LogP contribution in [0.1, 0.15) is 15.9 Å². The number of Topliss-reactive ketones (excluding diaryl/α,β-unsaturated/α-hetero) is 1. The first kappa shape index (κ1) is 13.4. The molecule has 100 valence electrons. The fourth-order valence-corrected chi connectivity index (χ4v) is 1.90. The smallest absolute Gasteiger partial charge is 0.237 e. The third-order valence-electron chi connectivity index (χ3n) is 3.00. The molecule has 0 atom stereocenters. The van der Waals surface area contributed by atoms with E-state index in [1.165, 1.54) is 0 Å². The van der Waals surface area contributed by atoms with E-state index in [9.17, 15) is 4.79 Å². The number of nitrogens with zero attached hydrogens (tertiary/aromatic N) is 1. The van der Waals surface area contributed by atoms with Crippen LogP contribution in [0.4, 0.5) is 0 Å². The standard InChI is InChI=1S/C15H17NO3/c1-12-11-13(3-4-15(12)18-2)14(17)5-6-16-7-9-19-10-8-16/h3-4,11H,7-10H2,1-2H3. The fraction of sp³-hybridized carbons (Fsp3) is 0.400. The second-order valence-corrected chi connectivity index (χ2v) is 4.35. The largest absolute Gasteiger partial charge is 0.496 e. The van der Waals surface area contributed by atoms with Crippen molar-refractivity contribution in [3.8, 4) is 17.7 Å². The summed E-state index contributed by atoms with van der Waals surface area (Å²) in [7, 11) is 1.61. The molecule has 0 N–H and O–H groups in total. The molecule has 1 fully saturated rings. The van der Waals surface area contributed by atoms with Crippen LogP contribution in [0, 0.1) is 18.9 Å². The molecule has 1 aliphatic rings. The van der Waals surface area contributed by atoms with Crippen LogP contribution in [0.3, 0.4) is 0 Å². The number of ketones is 1. The third-order valence-corrected chi connectivity index (χ3v) is 3.00. The van der Waals surface area contributed by atoms with Gasteiger partial charge in [-0.3, -0.25) is 4.79 Å². The Labute approximate surface area is 113 Å². The summed E-state index contributed by atoms with van der Waals surface area (Å²) in [5.74, 6) is 3.28. The van der Waals surface area contributed by atoms with Crippen molar-refractivity contribution >= 4 is 5.78 Å². The zero-order valence-electron chi connectivity index (χ0n) is 11.2. The molecule has 4 heteroatoms. The van der Waals surface area contributed by atoms with Gasteiger partial charge in [0.15, 0.2) is 0 Å². The average Bonchev–Trinajstić information content (AvgIpc) is 2.45. The van der Waals surface area contributed by atoms with E-state index in [0.717, 1.165) is 24.4 Å². The van der Waals surface area contributed by atoms with Crippen LogP contribution >= 0.6 is 0 Å². The summed E-state index contributed by atoms with van der Waals surface area (Å²) in [6.07, 6.45) is 0. The molecule has 0 amide bonds. The maximum absolute atomic E-state index is 12.0. The van der Waals surface area contributed by atoms with E-state index in [-0.39, 0.29) is 5.78 Å². The molecule has 1 saturated heterocycles. The van der Waals surface area contributed by atoms with Gasteiger partial charge < -0.3 is 14.4 Å². The van der Waals surface area contributed by atoms with Gasteiger partial charge in [-0.25, -0.2) is 0 Å². The van der Waals surface area contributed by atoms with E-state index >= 15 is 0 Å². The van der Waals surface area contributed by atoms with Crippen LogP contribution in [0.15, 0.2) is 18.2 Å². The summed E-state index contributed by atoms with van der Waals surface area (Å²) in [5, 5.41) is 0. The average molecular weight is 259 g/mol. The lowest BCUT2D eigenvalue weighted by Gasteiger charge is -2.22. The highest BCUT2D eigenvalue weighted by molar-refractivity contribution is 6.09. The van der Waals surface area contributed by atoms with Crippen molar-refractivity contribution in [2.24, 2.45) is 0 Å². The van der Waals surface area contributed by atoms with Crippen molar-refractivity contribution in [1.29, 1.82) is 0 Å². The molecule has 0 saturated carbocycles. The molecule has 1 aliphatic heterocycles. The number of carbonyl (C=O) groups is 1. The van der Waals surface area contributed by atoms with Crippen molar-refractivity contribution in [3.05, 3.63) is 29.3 Å². The molecule has 0 aromatic heterocycles. The number of carbonyl (C=O) groups excluding carboxylic acids is 1. The summed E-state index contributed by atoms with van der Waals surface area (Å²) in [5.41, 5.74) is 1.53. The molecule has 0 aliphatic carbocycles. The molecule has 4 nitrogen and oxygen atoms in total. The number of ether oxygens (including phenoxy) is 2. The molecule has 1 aromatic carbocycles. The Morgan fingerprint density at radius 2 is 2.11 bits per heavy atom. The van der Waals surface area contributed by atoms with Gasteiger partial charge in [-0.1, -0.05) is 0 Å². The number of methoxy groups -OCH3 is 1. The molecule has 2 rings (SSSR count). The number of benzene rings is 1. The van der Waals surface area contributed by atoms with E-state index in [4.69, 9.17) is 9.47 Å². The number of hydrogen-bond donors (Lipinski definition) is 0. The minimum absolute atomic E-state index is 0.169. The Hall–Kier alpha value is -1.99. The Kier molecular flexibility index (Phi) is 4.43. The van der Waals surface area contributed by atoms with E-state index in [1.807, 2.05) is 11.8 Å². The van der Waals surface area contributed by atoms with Crippen molar-refractivity contribution in [2.45, 2.75) is 6.92 Å². The molecular formula is C15H17NO3. The summed E-state index contributed by atoms with van der Waals surface area (Å²) in [6, 6.07) is 8.22. The van der Waals surface area contributed by atoms with Gasteiger partial charge in [0.05, 0.1) is 20.3 Å². The van der Waals surface area contributed by atoms with Crippen molar-refractivity contribution in [2.75, 3.05) is 33.4 Å². The SMILES string of the molecule is COc1ccc(C(=O)C#CN2CCOCC2)cc1C. The second-order valence-electron chi connectivity index (χ2n) is 4.35. The lowest BCUT2D eigenvalue weighted by Crippen LogP contribution is -2.32. The van der Waals surface area contributed by atoms with Gasteiger partial charge in [0.1, 0.15) is 5.75 Å². The fourth-order valence-electron chi connectivity index (χ4n) is 1.90. The van der Waals surface area contributed by atoms with Crippen LogP contribution in [0.5, 0.6) is 5.75 Å². The Morgan fingerprint density at radius 3 is 2.74 bits per heavy atom. The van der Waals surface area contributed by atoms with Gasteiger partial charge >= 0.3 is 0 Å². The molecule has 1 heterocycles. The molecule has 19 heavy (non-hydrogen) atoms. The highest BCUT2D eigenvalue weighted by Gasteiger charge is 2.08. The Balaban J connectivity index is 2.07. The van der Waals surface area contributed by atoms with Gasteiger partial charge in [0.25, 0.3) is 0 Å². The summed E-state index contributed by atoms with van der Waals surface area (Å²) in [6.45, 7) is 4.75. The van der Waals surface area contributed by atoms with Crippen LogP contribution in [0.25, 0.3) is 0 Å². The van der Waals surface area contributed by atoms with Crippen molar-refractivity contribution in [1.82, 2.24) is 4.90 Å². The summed E-state index contributed by atoms with van der Waals surface area (Å²) >= 11 is 0. The number of morpholine rings is 1. The zero-order valence-corrected chi connectivity index (χ0v) is 11.2. The van der Waals surface area contributed by atoms with Crippen LogP contribution in [0.2, 0.25) is 0 Å². The third kappa shape index (κ3) is 3.49. The number of hydrogen-bond acceptors (Lipinski definition) is 4. The van der Waals surface area contributed by atoms with Gasteiger partial charge in [-0.2, -0.15) is 0 Å². The molecular weight excluding hydrogens is 242 g/mol. The second kappa shape index (κ2) is 6.26. The minimum Gasteiger partial charge on any atom is -0.496 e. The Morgan fingerprint density at radius 1 is 1.37 bits per heavy atom. The zero-order chi connectivity index (χ0) is 13.7. The molecule has 0 bridgehead atoms. The van der Waals surface area contributed by atoms with Gasteiger partial charge in [-0.15, -0.1) is 0 Å². The molecule has 0 unspecified atom stereocenters. The first-order valence-corrected chi connectivity index (χ1v) is 6.24. The highest BCUT2D eigenvalue weighted by atomic mass is 16.5. The lowest BCUT2D eigenvalue weighted by molar-refractivity contribution is 0.0637. The van der Waals surface area contributed by atoms with Crippen LogP contribution in [-0.4, -0.2) is 44.1 Å². The predicted octanol–water partition coefficient (Wildman–Crippen LogP) is 1.48. The molecule has 0 spiro atoms. The lowest BCUT2D eigenvalue weighted by atomic mass is 10.1. The molecule has 0 radical (unpaired) electrons. The van der Waals surface area contributed by atoms with E-state index in [2.05, 4.69) is 12.0 Å². The first-order chi connectivity index (χ1) is 9.20. The minimum atomic E-state index is -0.169. The van der Waals surface area contributed by atoms with E-state index in [1.54, 1.807) is 25.3 Å². The van der Waals surface area contributed by atoms with Gasteiger partial charge in [0, 0.05) is 24.7 Å². The first-order valence-electron chi connectivity index (χ1n) is 6.24. The predicted molar refractivity (Wildman–Crippen MR) is 72.2 cm³/mol. The van der Waals surface area contributed by atoms with Gasteiger partial charge in [0.2, 0.25) is 5.78 Å². The van der Waals surface area contributed by atoms with Crippen LogP contribution in [-0.2, 0) is 4.74 Å². The maximum atomic E-state index is 12.0. The highest BCUT2D eigenvalue weighted by Crippen LogP contribution is 2.18. The molecule has 1 aromatic rings. The summed E-state index contributed by atoms with van der Waals surface area (Å²) < 4.78 is 10.4. The topological polar surface area (TPSA) is 38.8 Å². The maximum Gasteiger partial charge on any atom is 0.237 e. The number of rotatable bonds is 2. The van der Waals surface area contributed by atoms with Crippen molar-refractivity contribution in [3.63, 3.8) is 0 Å². The number of aryl methyl sites for hydroxylation is 1. The Bertz CT molecular complexity index is 522. The van der Waals surface area contributed by atoms with Crippen molar-refractivity contribution < 1.29 is 14.3 Å². The van der Waals surface area contributed by atoms with E-state index in [0.29, 0.717) is 18.8 Å². The van der Waals surface area contributed by atoms with Crippen LogP contribution < -0.4 is 4.74 Å². The monoisotopic (exact) mass is 259 g/mol. The quantitative estimate of drug-likeness (QED) is 0.595. The van der Waals surface area contributed by atoms with Gasteiger partial charge in [-0.05, 0) is 36.6 Å². The normalized spacial score (nSPS) is 14.5. The van der Waals surface area contributed by atoms with E-state index < -0.39 is 0 Å².